The second-order valence-electron chi connectivity index (χ2n) is 6.88. The molecule has 1 fully saturated rings. The minimum absolute atomic E-state index is 0.219. The molecular weight excluding hydrogens is 364 g/mol. The summed E-state index contributed by atoms with van der Waals surface area (Å²) in [4.78, 5) is 7.49. The number of sulfonamides is 1. The van der Waals surface area contributed by atoms with Crippen molar-refractivity contribution in [1.82, 2.24) is 9.97 Å². The van der Waals surface area contributed by atoms with Crippen LogP contribution in [-0.4, -0.2) is 35.6 Å². The average molecular weight is 386 g/mol. The maximum atomic E-state index is 13.6. The third-order valence-corrected chi connectivity index (χ3v) is 6.97. The van der Waals surface area contributed by atoms with Crippen LogP contribution in [0.25, 0.3) is 11.0 Å². The van der Waals surface area contributed by atoms with Gasteiger partial charge in [-0.05, 0) is 43.9 Å². The lowest BCUT2D eigenvalue weighted by molar-refractivity contribution is 0.124. The fourth-order valence-corrected chi connectivity index (χ4v) is 5.53. The number of nitrogen functional groups attached to an aromatic ring is 1. The normalized spacial score (nSPS) is 20.6. The average Bonchev–Trinajstić information content (AvgIpc) is 3.15. The maximum Gasteiger partial charge on any atom is 0.264 e. The summed E-state index contributed by atoms with van der Waals surface area (Å²) < 4.78 is 28.7. The van der Waals surface area contributed by atoms with Crippen LogP contribution in [0.3, 0.4) is 0 Å². The van der Waals surface area contributed by atoms with E-state index in [0.29, 0.717) is 48.1 Å². The molecule has 8 heteroatoms. The number of hydrogen-bond donors (Lipinski definition) is 3. The van der Waals surface area contributed by atoms with Crippen LogP contribution in [0.4, 0.5) is 11.4 Å². The standard InChI is InChI=1S/C19H22N4O3S/c20-17-12-22-19-16(10-11-21-19)18(17)23(13-6-8-14(24)9-7-13)27(25,26)15-4-2-1-3-5-15/h1-5,10-14,24H,6-9,20H2,(H,21,22). The second-order valence-corrected chi connectivity index (χ2v) is 8.69. The van der Waals surface area contributed by atoms with Crippen molar-refractivity contribution in [3.05, 3.63) is 48.8 Å². The Balaban J connectivity index is 1.91. The number of nitrogens with zero attached hydrogens (tertiary/aromatic N) is 2. The highest BCUT2D eigenvalue weighted by molar-refractivity contribution is 7.93. The first-order chi connectivity index (χ1) is 13.0. The minimum atomic E-state index is -3.83. The molecule has 4 rings (SSSR count). The molecule has 0 atom stereocenters. The van der Waals surface area contributed by atoms with Crippen LogP contribution in [0.15, 0.2) is 53.7 Å². The third kappa shape index (κ3) is 3.15. The summed E-state index contributed by atoms with van der Waals surface area (Å²) >= 11 is 0. The van der Waals surface area contributed by atoms with Gasteiger partial charge in [0, 0.05) is 17.6 Å². The van der Waals surface area contributed by atoms with Gasteiger partial charge in [0.25, 0.3) is 10.0 Å². The molecule has 0 amide bonds. The van der Waals surface area contributed by atoms with Gasteiger partial charge >= 0.3 is 0 Å². The molecule has 2 aromatic heterocycles. The summed E-state index contributed by atoms with van der Waals surface area (Å²) in [5.41, 5.74) is 7.57. The van der Waals surface area contributed by atoms with Crippen LogP contribution in [0.5, 0.6) is 0 Å². The Kier molecular flexibility index (Phi) is 4.53. The summed E-state index contributed by atoms with van der Waals surface area (Å²) in [5.74, 6) is 0. The molecule has 3 aromatic rings. The number of fused-ring (bicyclic) bond motifs is 1. The van der Waals surface area contributed by atoms with E-state index in [1.165, 1.54) is 10.5 Å². The van der Waals surface area contributed by atoms with Crippen molar-refractivity contribution in [2.45, 2.75) is 42.7 Å². The van der Waals surface area contributed by atoms with Gasteiger partial charge in [-0.25, -0.2) is 13.4 Å². The molecule has 1 aliphatic rings. The van der Waals surface area contributed by atoms with Gasteiger partial charge in [0.1, 0.15) is 5.65 Å². The number of benzene rings is 1. The fourth-order valence-electron chi connectivity index (χ4n) is 3.75. The lowest BCUT2D eigenvalue weighted by Crippen LogP contribution is -2.43. The number of H-pyrrole nitrogens is 1. The number of aliphatic hydroxyl groups is 1. The van der Waals surface area contributed by atoms with E-state index in [1.807, 2.05) is 0 Å². The lowest BCUT2D eigenvalue weighted by Gasteiger charge is -2.37. The lowest BCUT2D eigenvalue weighted by atomic mass is 9.93. The van der Waals surface area contributed by atoms with Crippen LogP contribution < -0.4 is 10.0 Å². The topological polar surface area (TPSA) is 112 Å². The van der Waals surface area contributed by atoms with Gasteiger partial charge in [-0.1, -0.05) is 18.2 Å². The fraction of sp³-hybridized carbons (Fsp3) is 0.316. The van der Waals surface area contributed by atoms with Gasteiger partial charge in [-0.15, -0.1) is 0 Å². The highest BCUT2D eigenvalue weighted by atomic mass is 32.2. The van der Waals surface area contributed by atoms with Crippen molar-refractivity contribution in [1.29, 1.82) is 0 Å². The highest BCUT2D eigenvalue weighted by Gasteiger charge is 2.36. The molecule has 0 radical (unpaired) electrons. The highest BCUT2D eigenvalue weighted by Crippen LogP contribution is 2.39. The molecule has 1 aromatic carbocycles. The Hall–Kier alpha value is -2.58. The SMILES string of the molecule is Nc1cnc2[nH]ccc2c1N(C1CCC(O)CC1)S(=O)(=O)c1ccccc1. The molecule has 0 bridgehead atoms. The van der Waals surface area contributed by atoms with E-state index in [-0.39, 0.29) is 17.0 Å². The molecule has 0 unspecified atom stereocenters. The molecule has 1 aliphatic carbocycles. The van der Waals surface area contributed by atoms with Crippen LogP contribution in [0.1, 0.15) is 25.7 Å². The zero-order chi connectivity index (χ0) is 19.0. The van der Waals surface area contributed by atoms with E-state index in [9.17, 15) is 13.5 Å². The summed E-state index contributed by atoms with van der Waals surface area (Å²) in [6.45, 7) is 0. The van der Waals surface area contributed by atoms with Crippen molar-refractivity contribution in [2.24, 2.45) is 0 Å². The number of pyridine rings is 1. The van der Waals surface area contributed by atoms with Crippen LogP contribution >= 0.6 is 0 Å². The molecule has 142 valence electrons. The molecule has 7 nitrogen and oxygen atoms in total. The summed E-state index contributed by atoms with van der Waals surface area (Å²) in [6, 6.07) is 9.89. The van der Waals surface area contributed by atoms with Crippen molar-refractivity contribution in [3.63, 3.8) is 0 Å². The zero-order valence-corrected chi connectivity index (χ0v) is 15.6. The monoisotopic (exact) mass is 386 g/mol. The molecule has 4 N–H and O–H groups in total. The largest absolute Gasteiger partial charge is 0.396 e. The first-order valence-electron chi connectivity index (χ1n) is 8.97. The van der Waals surface area contributed by atoms with Gasteiger partial charge in [0.05, 0.1) is 28.6 Å². The zero-order valence-electron chi connectivity index (χ0n) is 14.7. The molecule has 1 saturated carbocycles. The number of anilines is 2. The molecular formula is C19H22N4O3S. The molecule has 0 saturated heterocycles. The van der Waals surface area contributed by atoms with Crippen LogP contribution in [-0.2, 0) is 10.0 Å². The van der Waals surface area contributed by atoms with Crippen molar-refractivity contribution in [3.8, 4) is 0 Å². The smallest absolute Gasteiger partial charge is 0.264 e. The van der Waals surface area contributed by atoms with E-state index < -0.39 is 10.0 Å². The van der Waals surface area contributed by atoms with Gasteiger partial charge in [-0.3, -0.25) is 4.31 Å². The quantitative estimate of drug-likeness (QED) is 0.638. The Morgan fingerprint density at radius 3 is 2.52 bits per heavy atom. The van der Waals surface area contributed by atoms with Gasteiger partial charge in [0.15, 0.2) is 0 Å². The number of nitrogens with two attached hydrogens (primary N) is 1. The van der Waals surface area contributed by atoms with Crippen molar-refractivity contribution >= 4 is 32.4 Å². The number of hydrogen-bond acceptors (Lipinski definition) is 5. The number of aliphatic hydroxyl groups excluding tert-OH is 1. The predicted molar refractivity (Wildman–Crippen MR) is 105 cm³/mol. The summed E-state index contributed by atoms with van der Waals surface area (Å²) in [5, 5.41) is 10.6. The van der Waals surface area contributed by atoms with E-state index in [4.69, 9.17) is 5.73 Å². The predicted octanol–water partition coefficient (Wildman–Crippen LogP) is 2.64. The van der Waals surface area contributed by atoms with Gasteiger partial charge < -0.3 is 15.8 Å². The maximum absolute atomic E-state index is 13.6. The van der Waals surface area contributed by atoms with E-state index >= 15 is 0 Å². The summed E-state index contributed by atoms with van der Waals surface area (Å²) in [6.07, 6.45) is 5.09. The van der Waals surface area contributed by atoms with Crippen LogP contribution in [0, 0.1) is 0 Å². The number of nitrogens with one attached hydrogen (secondary N) is 1. The van der Waals surface area contributed by atoms with E-state index in [1.54, 1.807) is 42.6 Å². The van der Waals surface area contributed by atoms with Crippen molar-refractivity contribution in [2.75, 3.05) is 10.0 Å². The Bertz CT molecular complexity index is 1040. The first-order valence-corrected chi connectivity index (χ1v) is 10.4. The number of aromatic amines is 1. The second kappa shape index (κ2) is 6.86. The molecule has 0 spiro atoms. The summed E-state index contributed by atoms with van der Waals surface area (Å²) in [7, 11) is -3.83. The molecule has 0 aliphatic heterocycles. The molecule has 27 heavy (non-hydrogen) atoms. The van der Waals surface area contributed by atoms with Gasteiger partial charge in [0.2, 0.25) is 0 Å². The third-order valence-electron chi connectivity index (χ3n) is 5.10. The van der Waals surface area contributed by atoms with Crippen molar-refractivity contribution < 1.29 is 13.5 Å². The molecule has 2 heterocycles. The Labute approximate surface area is 157 Å². The minimum Gasteiger partial charge on any atom is -0.396 e. The van der Waals surface area contributed by atoms with E-state index in [2.05, 4.69) is 9.97 Å². The first kappa shape index (κ1) is 17.8. The Morgan fingerprint density at radius 2 is 1.81 bits per heavy atom. The number of aromatic nitrogens is 2. The Morgan fingerprint density at radius 1 is 1.11 bits per heavy atom. The number of rotatable bonds is 4. The van der Waals surface area contributed by atoms with Gasteiger partial charge in [-0.2, -0.15) is 0 Å². The van der Waals surface area contributed by atoms with E-state index in [0.717, 1.165) is 0 Å². The van der Waals surface area contributed by atoms with Crippen LogP contribution in [0.2, 0.25) is 0 Å².